The van der Waals surface area contributed by atoms with Crippen molar-refractivity contribution in [3.05, 3.63) is 17.5 Å². The van der Waals surface area contributed by atoms with Gasteiger partial charge in [-0.3, -0.25) is 4.79 Å². The summed E-state index contributed by atoms with van der Waals surface area (Å²) in [4.78, 5) is 11.6. The molecule has 0 aromatic carbocycles. The molecule has 0 unspecified atom stereocenters. The number of carbonyl (C=O) groups is 1. The van der Waals surface area contributed by atoms with Crippen LogP contribution in [0.1, 0.15) is 37.1 Å². The molecule has 16 heavy (non-hydrogen) atoms. The molecular weight excluding hydrogens is 204 g/mol. The topological polar surface area (TPSA) is 55.1 Å². The van der Waals surface area contributed by atoms with Crippen molar-refractivity contribution in [2.24, 2.45) is 5.92 Å². The van der Waals surface area contributed by atoms with E-state index in [4.69, 9.17) is 4.52 Å². The molecule has 4 nitrogen and oxygen atoms in total. The minimum absolute atomic E-state index is 0.0419. The Bertz CT molecular complexity index is 354. The highest BCUT2D eigenvalue weighted by molar-refractivity contribution is 5.78. The van der Waals surface area contributed by atoms with Crippen LogP contribution in [0.4, 0.5) is 0 Å². The van der Waals surface area contributed by atoms with Gasteiger partial charge < -0.3 is 9.84 Å². The van der Waals surface area contributed by atoms with E-state index in [1.54, 1.807) is 6.07 Å². The second-order valence-electron chi connectivity index (χ2n) is 4.56. The highest BCUT2D eigenvalue weighted by Crippen LogP contribution is 2.23. The molecule has 4 heteroatoms. The van der Waals surface area contributed by atoms with Crippen LogP contribution in [0.25, 0.3) is 0 Å². The minimum atomic E-state index is 0.0419. The average molecular weight is 222 g/mol. The Morgan fingerprint density at radius 3 is 2.94 bits per heavy atom. The van der Waals surface area contributed by atoms with E-state index in [1.165, 1.54) is 25.7 Å². The van der Waals surface area contributed by atoms with Gasteiger partial charge in [-0.1, -0.05) is 18.0 Å². The van der Waals surface area contributed by atoms with Crippen LogP contribution in [0.2, 0.25) is 0 Å². The first kappa shape index (κ1) is 11.2. The van der Waals surface area contributed by atoms with Gasteiger partial charge in [0.05, 0.1) is 12.1 Å². The molecule has 88 valence electrons. The van der Waals surface area contributed by atoms with Crippen LogP contribution in [-0.4, -0.2) is 17.6 Å². The molecule has 1 amide bonds. The monoisotopic (exact) mass is 222 g/mol. The quantitative estimate of drug-likeness (QED) is 0.845. The molecule has 0 aliphatic heterocycles. The second kappa shape index (κ2) is 5.14. The number of aromatic nitrogens is 1. The number of hydrogen-bond donors (Lipinski definition) is 1. The van der Waals surface area contributed by atoms with Gasteiger partial charge in [-0.2, -0.15) is 0 Å². The Hall–Kier alpha value is -1.32. The van der Waals surface area contributed by atoms with E-state index in [-0.39, 0.29) is 5.91 Å². The molecule has 1 aromatic heterocycles. The summed E-state index contributed by atoms with van der Waals surface area (Å²) in [6, 6.07) is 1.80. The third-order valence-electron chi connectivity index (χ3n) is 3.08. The van der Waals surface area contributed by atoms with E-state index >= 15 is 0 Å². The van der Waals surface area contributed by atoms with Crippen LogP contribution in [0.3, 0.4) is 0 Å². The summed E-state index contributed by atoms with van der Waals surface area (Å²) in [6.45, 7) is 2.64. The first-order valence-corrected chi connectivity index (χ1v) is 5.93. The van der Waals surface area contributed by atoms with Gasteiger partial charge in [0, 0.05) is 12.6 Å². The maximum absolute atomic E-state index is 11.6. The van der Waals surface area contributed by atoms with Gasteiger partial charge in [0.1, 0.15) is 5.76 Å². The molecule has 1 heterocycles. The van der Waals surface area contributed by atoms with Crippen LogP contribution in [0.15, 0.2) is 10.6 Å². The van der Waals surface area contributed by atoms with E-state index in [1.807, 2.05) is 6.92 Å². The Morgan fingerprint density at radius 1 is 1.56 bits per heavy atom. The van der Waals surface area contributed by atoms with Crippen molar-refractivity contribution in [3.8, 4) is 0 Å². The lowest BCUT2D eigenvalue weighted by Gasteiger charge is -2.09. The lowest BCUT2D eigenvalue weighted by Crippen LogP contribution is -2.29. The maximum Gasteiger partial charge on any atom is 0.226 e. The van der Waals surface area contributed by atoms with E-state index in [9.17, 15) is 4.79 Å². The van der Waals surface area contributed by atoms with Gasteiger partial charge in [0.25, 0.3) is 0 Å². The molecule has 0 bridgehead atoms. The highest BCUT2D eigenvalue weighted by atomic mass is 16.5. The molecule has 1 aliphatic rings. The SMILES string of the molecule is Cc1cc(CC(=O)NCC2CCCC2)no1. The Labute approximate surface area is 95.4 Å². The third-order valence-corrected chi connectivity index (χ3v) is 3.08. The molecule has 1 aromatic rings. The Kier molecular flexibility index (Phi) is 3.59. The number of rotatable bonds is 4. The van der Waals surface area contributed by atoms with Crippen molar-refractivity contribution < 1.29 is 9.32 Å². The Balaban J connectivity index is 1.71. The minimum Gasteiger partial charge on any atom is -0.361 e. The third kappa shape index (κ3) is 3.08. The van der Waals surface area contributed by atoms with Crippen LogP contribution in [0, 0.1) is 12.8 Å². The number of amides is 1. The first-order valence-electron chi connectivity index (χ1n) is 5.93. The predicted molar refractivity (Wildman–Crippen MR) is 59.9 cm³/mol. The van der Waals surface area contributed by atoms with E-state index in [0.717, 1.165) is 12.3 Å². The predicted octanol–water partition coefficient (Wildman–Crippen LogP) is 1.83. The highest BCUT2D eigenvalue weighted by Gasteiger charge is 2.16. The number of hydrogen-bond acceptors (Lipinski definition) is 3. The molecule has 0 saturated heterocycles. The maximum atomic E-state index is 11.6. The molecule has 1 N–H and O–H groups in total. The standard InChI is InChI=1S/C12H18N2O2/c1-9-6-11(14-16-9)7-12(15)13-8-10-4-2-3-5-10/h6,10H,2-5,7-8H2,1H3,(H,13,15). The van der Waals surface area contributed by atoms with Gasteiger partial charge in [0.2, 0.25) is 5.91 Å². The van der Waals surface area contributed by atoms with Gasteiger partial charge in [-0.25, -0.2) is 0 Å². The van der Waals surface area contributed by atoms with Crippen molar-refractivity contribution in [3.63, 3.8) is 0 Å². The first-order chi connectivity index (χ1) is 7.74. The van der Waals surface area contributed by atoms with Gasteiger partial charge in [-0.15, -0.1) is 0 Å². The molecule has 0 spiro atoms. The van der Waals surface area contributed by atoms with Crippen molar-refractivity contribution in [2.45, 2.75) is 39.0 Å². The number of carbonyl (C=O) groups excluding carboxylic acids is 1. The van der Waals surface area contributed by atoms with Crippen molar-refractivity contribution in [1.82, 2.24) is 10.5 Å². The summed E-state index contributed by atoms with van der Waals surface area (Å²) in [7, 11) is 0. The Morgan fingerprint density at radius 2 is 2.31 bits per heavy atom. The largest absolute Gasteiger partial charge is 0.361 e. The van der Waals surface area contributed by atoms with Gasteiger partial charge in [0.15, 0.2) is 0 Å². The molecule has 1 aliphatic carbocycles. The summed E-state index contributed by atoms with van der Waals surface area (Å²) in [6.07, 6.45) is 5.45. The van der Waals surface area contributed by atoms with Crippen molar-refractivity contribution >= 4 is 5.91 Å². The number of nitrogens with zero attached hydrogens (tertiary/aromatic N) is 1. The number of nitrogens with one attached hydrogen (secondary N) is 1. The fourth-order valence-corrected chi connectivity index (χ4v) is 2.20. The van der Waals surface area contributed by atoms with Gasteiger partial charge >= 0.3 is 0 Å². The summed E-state index contributed by atoms with van der Waals surface area (Å²) < 4.78 is 4.91. The normalized spacial score (nSPS) is 16.6. The van der Waals surface area contributed by atoms with Crippen LogP contribution in [0.5, 0.6) is 0 Å². The smallest absolute Gasteiger partial charge is 0.226 e. The zero-order valence-electron chi connectivity index (χ0n) is 9.66. The van der Waals surface area contributed by atoms with E-state index in [0.29, 0.717) is 18.0 Å². The molecular formula is C12H18N2O2. The van der Waals surface area contributed by atoms with E-state index in [2.05, 4.69) is 10.5 Å². The molecule has 1 fully saturated rings. The second-order valence-corrected chi connectivity index (χ2v) is 4.56. The zero-order chi connectivity index (χ0) is 11.4. The van der Waals surface area contributed by atoms with Gasteiger partial charge in [-0.05, 0) is 25.7 Å². The average Bonchev–Trinajstić information content (AvgIpc) is 2.87. The lowest BCUT2D eigenvalue weighted by molar-refractivity contribution is -0.120. The summed E-state index contributed by atoms with van der Waals surface area (Å²) >= 11 is 0. The molecule has 0 atom stereocenters. The van der Waals surface area contributed by atoms with Crippen LogP contribution < -0.4 is 5.32 Å². The van der Waals surface area contributed by atoms with Crippen LogP contribution in [-0.2, 0) is 11.2 Å². The fraction of sp³-hybridized carbons (Fsp3) is 0.667. The molecule has 1 saturated carbocycles. The molecule has 2 rings (SSSR count). The van der Waals surface area contributed by atoms with Crippen molar-refractivity contribution in [1.29, 1.82) is 0 Å². The lowest BCUT2D eigenvalue weighted by atomic mass is 10.1. The van der Waals surface area contributed by atoms with Crippen LogP contribution >= 0.6 is 0 Å². The summed E-state index contributed by atoms with van der Waals surface area (Å²) in [5.41, 5.74) is 0.710. The number of aryl methyl sites for hydroxylation is 1. The van der Waals surface area contributed by atoms with Crippen molar-refractivity contribution in [2.75, 3.05) is 6.54 Å². The zero-order valence-corrected chi connectivity index (χ0v) is 9.66. The summed E-state index contributed by atoms with van der Waals surface area (Å²) in [5.74, 6) is 1.47. The fourth-order valence-electron chi connectivity index (χ4n) is 2.20. The molecule has 0 radical (unpaired) electrons. The summed E-state index contributed by atoms with van der Waals surface area (Å²) in [5, 5.41) is 6.76. The van der Waals surface area contributed by atoms with E-state index < -0.39 is 0 Å².